The van der Waals surface area contributed by atoms with Crippen LogP contribution in [0.25, 0.3) is 0 Å². The second kappa shape index (κ2) is 7.66. The summed E-state index contributed by atoms with van der Waals surface area (Å²) in [5, 5.41) is 9.77. The number of carboxylic acid groups (broad SMARTS) is 1. The Morgan fingerprint density at radius 1 is 1.30 bits per heavy atom. The van der Waals surface area contributed by atoms with E-state index in [4.69, 9.17) is 9.47 Å². The molecule has 2 saturated heterocycles. The van der Waals surface area contributed by atoms with Crippen LogP contribution in [0.15, 0.2) is 48.7 Å². The summed E-state index contributed by atoms with van der Waals surface area (Å²) in [7, 11) is 0. The van der Waals surface area contributed by atoms with Crippen molar-refractivity contribution in [2.75, 3.05) is 26.3 Å². The van der Waals surface area contributed by atoms with Crippen molar-refractivity contribution in [2.45, 2.75) is 19.6 Å². The number of carbonyl (C=O) groups is 1. The monoisotopic (exact) mass is 368 g/mol. The Kier molecular flexibility index (Phi) is 5.09. The lowest BCUT2D eigenvalue weighted by molar-refractivity contribution is -0.157. The molecule has 142 valence electrons. The molecule has 1 N–H and O–H groups in total. The third kappa shape index (κ3) is 3.82. The van der Waals surface area contributed by atoms with Gasteiger partial charge in [-0.25, -0.2) is 0 Å². The van der Waals surface area contributed by atoms with E-state index in [9.17, 15) is 9.90 Å². The van der Waals surface area contributed by atoms with E-state index in [1.165, 1.54) is 0 Å². The molecule has 0 bridgehead atoms. The minimum atomic E-state index is -0.684. The number of nitrogens with zero attached hydrogens (tertiary/aromatic N) is 2. The average Bonchev–Trinajstić information content (AvgIpc) is 3.08. The zero-order chi connectivity index (χ0) is 18.7. The summed E-state index contributed by atoms with van der Waals surface area (Å²) in [6, 6.07) is 13.8. The molecule has 1 aromatic carbocycles. The number of aliphatic carboxylic acids is 1. The molecule has 3 heterocycles. The second-order valence-electron chi connectivity index (χ2n) is 7.41. The van der Waals surface area contributed by atoms with Gasteiger partial charge >= 0.3 is 5.97 Å². The summed E-state index contributed by atoms with van der Waals surface area (Å²) >= 11 is 0. The van der Waals surface area contributed by atoms with Crippen LogP contribution in [0.2, 0.25) is 0 Å². The van der Waals surface area contributed by atoms with E-state index in [0.717, 1.165) is 30.1 Å². The van der Waals surface area contributed by atoms with E-state index in [-0.39, 0.29) is 5.92 Å². The highest BCUT2D eigenvalue weighted by atomic mass is 16.5. The van der Waals surface area contributed by atoms with E-state index < -0.39 is 11.4 Å². The van der Waals surface area contributed by atoms with Gasteiger partial charge in [-0.3, -0.25) is 14.7 Å². The third-order valence-electron chi connectivity index (χ3n) is 5.65. The van der Waals surface area contributed by atoms with Crippen LogP contribution in [0.3, 0.4) is 0 Å². The third-order valence-corrected chi connectivity index (χ3v) is 5.65. The molecule has 0 aliphatic carbocycles. The van der Waals surface area contributed by atoms with Crippen LogP contribution in [-0.4, -0.2) is 47.3 Å². The van der Waals surface area contributed by atoms with E-state index in [1.54, 1.807) is 6.20 Å². The summed E-state index contributed by atoms with van der Waals surface area (Å²) < 4.78 is 11.3. The first-order valence-electron chi connectivity index (χ1n) is 9.31. The number of likely N-dealkylation sites (tertiary alicyclic amines) is 1. The van der Waals surface area contributed by atoms with E-state index >= 15 is 0 Å². The summed E-state index contributed by atoms with van der Waals surface area (Å²) in [6.07, 6.45) is 2.36. The minimum Gasteiger partial charge on any atom is -0.487 e. The van der Waals surface area contributed by atoms with Gasteiger partial charge in [-0.1, -0.05) is 18.2 Å². The summed E-state index contributed by atoms with van der Waals surface area (Å²) in [6.45, 7) is 3.63. The quantitative estimate of drug-likeness (QED) is 0.845. The highest BCUT2D eigenvalue weighted by molar-refractivity contribution is 5.76. The van der Waals surface area contributed by atoms with Gasteiger partial charge in [0.25, 0.3) is 0 Å². The van der Waals surface area contributed by atoms with Gasteiger partial charge in [-0.15, -0.1) is 0 Å². The Morgan fingerprint density at radius 3 is 2.85 bits per heavy atom. The Morgan fingerprint density at radius 2 is 2.15 bits per heavy atom. The van der Waals surface area contributed by atoms with Crippen molar-refractivity contribution in [3.63, 3.8) is 0 Å². The molecular formula is C21H24N2O4. The average molecular weight is 368 g/mol. The van der Waals surface area contributed by atoms with Crippen molar-refractivity contribution in [3.8, 4) is 5.75 Å². The van der Waals surface area contributed by atoms with Gasteiger partial charge in [-0.05, 0) is 36.2 Å². The fourth-order valence-electron chi connectivity index (χ4n) is 4.11. The van der Waals surface area contributed by atoms with Gasteiger partial charge in [0.1, 0.15) is 12.4 Å². The summed E-state index contributed by atoms with van der Waals surface area (Å²) in [4.78, 5) is 18.4. The van der Waals surface area contributed by atoms with E-state index in [2.05, 4.69) is 9.88 Å². The molecule has 6 heteroatoms. The molecular weight excluding hydrogens is 344 g/mol. The Hall–Kier alpha value is -2.44. The number of benzene rings is 1. The molecule has 27 heavy (non-hydrogen) atoms. The normalized spacial score (nSPS) is 25.1. The lowest BCUT2D eigenvalue weighted by Gasteiger charge is -2.34. The Labute approximate surface area is 158 Å². The van der Waals surface area contributed by atoms with Gasteiger partial charge in [0.2, 0.25) is 0 Å². The molecule has 0 saturated carbocycles. The molecule has 4 rings (SSSR count). The predicted octanol–water partition coefficient (Wildman–Crippen LogP) is 2.58. The highest BCUT2D eigenvalue weighted by Gasteiger charge is 2.53. The van der Waals surface area contributed by atoms with Crippen molar-refractivity contribution < 1.29 is 19.4 Å². The Bertz CT molecular complexity index is 781. The number of rotatable bonds is 6. The lowest BCUT2D eigenvalue weighted by Crippen LogP contribution is -2.44. The van der Waals surface area contributed by atoms with Crippen LogP contribution >= 0.6 is 0 Å². The molecule has 6 nitrogen and oxygen atoms in total. The lowest BCUT2D eigenvalue weighted by atomic mass is 9.74. The standard InChI is InChI=1S/C21H24N2O4/c24-20(25)21-8-10-26-13-17(21)12-23(15-21)11-16-4-6-19(7-5-16)27-14-18-3-1-2-9-22-18/h1-7,9,17H,8,10-15H2,(H,24,25)/t17-,21+/m1/s1. The van der Waals surface area contributed by atoms with Crippen molar-refractivity contribution >= 4 is 5.97 Å². The van der Waals surface area contributed by atoms with Gasteiger partial charge in [0, 0.05) is 38.4 Å². The number of fused-ring (bicyclic) bond motifs is 1. The van der Waals surface area contributed by atoms with Crippen LogP contribution in [0.1, 0.15) is 17.7 Å². The van der Waals surface area contributed by atoms with E-state index in [1.807, 2.05) is 42.5 Å². The van der Waals surface area contributed by atoms with E-state index in [0.29, 0.717) is 32.8 Å². The first-order valence-corrected chi connectivity index (χ1v) is 9.31. The largest absolute Gasteiger partial charge is 0.487 e. The first-order chi connectivity index (χ1) is 13.2. The molecule has 2 aromatic rings. The maximum Gasteiger partial charge on any atom is 0.311 e. The fraction of sp³-hybridized carbons (Fsp3) is 0.429. The maximum absolute atomic E-state index is 11.9. The highest BCUT2D eigenvalue weighted by Crippen LogP contribution is 2.42. The summed E-state index contributed by atoms with van der Waals surface area (Å²) in [5.74, 6) is 0.191. The van der Waals surface area contributed by atoms with Crippen LogP contribution in [0.5, 0.6) is 5.75 Å². The van der Waals surface area contributed by atoms with Crippen LogP contribution in [-0.2, 0) is 22.7 Å². The zero-order valence-electron chi connectivity index (χ0n) is 15.2. The zero-order valence-corrected chi connectivity index (χ0v) is 15.2. The number of ether oxygens (including phenoxy) is 2. The molecule has 1 aromatic heterocycles. The summed E-state index contributed by atoms with van der Waals surface area (Å²) in [5.41, 5.74) is 1.40. The number of aromatic nitrogens is 1. The van der Waals surface area contributed by atoms with Crippen molar-refractivity contribution in [3.05, 3.63) is 59.9 Å². The maximum atomic E-state index is 11.9. The van der Waals surface area contributed by atoms with Gasteiger partial charge in [0.05, 0.1) is 17.7 Å². The van der Waals surface area contributed by atoms with Crippen LogP contribution in [0, 0.1) is 11.3 Å². The van der Waals surface area contributed by atoms with Gasteiger partial charge in [-0.2, -0.15) is 0 Å². The number of pyridine rings is 1. The smallest absolute Gasteiger partial charge is 0.311 e. The molecule has 0 unspecified atom stereocenters. The molecule has 2 aliphatic rings. The molecule has 0 radical (unpaired) electrons. The first kappa shape index (κ1) is 17.9. The van der Waals surface area contributed by atoms with Crippen molar-refractivity contribution in [2.24, 2.45) is 11.3 Å². The molecule has 2 atom stereocenters. The minimum absolute atomic E-state index is 0.0738. The van der Waals surface area contributed by atoms with Crippen LogP contribution in [0.4, 0.5) is 0 Å². The van der Waals surface area contributed by atoms with Crippen molar-refractivity contribution in [1.82, 2.24) is 9.88 Å². The number of hydrogen-bond donors (Lipinski definition) is 1. The SMILES string of the molecule is O=C(O)[C@]12CCOC[C@H]1CN(Cc1ccc(OCc3ccccn3)cc1)C2. The van der Waals surface area contributed by atoms with Crippen molar-refractivity contribution in [1.29, 1.82) is 0 Å². The molecule has 2 aliphatic heterocycles. The topological polar surface area (TPSA) is 71.9 Å². The predicted molar refractivity (Wildman–Crippen MR) is 99.3 cm³/mol. The van der Waals surface area contributed by atoms with Crippen LogP contribution < -0.4 is 4.74 Å². The molecule has 2 fully saturated rings. The number of hydrogen-bond acceptors (Lipinski definition) is 5. The fourth-order valence-corrected chi connectivity index (χ4v) is 4.11. The van der Waals surface area contributed by atoms with Gasteiger partial charge < -0.3 is 14.6 Å². The molecule has 0 spiro atoms. The number of carboxylic acids is 1. The second-order valence-corrected chi connectivity index (χ2v) is 7.41. The Balaban J connectivity index is 1.35. The van der Waals surface area contributed by atoms with Gasteiger partial charge in [0.15, 0.2) is 0 Å². The molecule has 0 amide bonds.